The normalized spacial score (nSPS) is 14.5. The van der Waals surface area contributed by atoms with E-state index in [0.717, 1.165) is 24.4 Å². The Morgan fingerprint density at radius 1 is 1.50 bits per heavy atom. The zero-order chi connectivity index (χ0) is 14.1. The lowest BCUT2D eigenvalue weighted by molar-refractivity contribution is 0.0934. The fourth-order valence-corrected chi connectivity index (χ4v) is 2.36. The number of rotatable bonds is 3. The molecule has 1 atom stereocenters. The number of benzene rings is 1. The maximum atomic E-state index is 12.2. The number of nitrogens with zero attached hydrogens (tertiary/aromatic N) is 1. The zero-order valence-corrected chi connectivity index (χ0v) is 11.6. The van der Waals surface area contributed by atoms with Gasteiger partial charge in [-0.2, -0.15) is 0 Å². The van der Waals surface area contributed by atoms with Crippen molar-refractivity contribution in [2.24, 2.45) is 0 Å². The van der Waals surface area contributed by atoms with Gasteiger partial charge in [-0.25, -0.2) is 4.98 Å². The number of amides is 1. The summed E-state index contributed by atoms with van der Waals surface area (Å²) in [5, 5.41) is 6.18. The molecule has 1 aliphatic heterocycles. The van der Waals surface area contributed by atoms with Gasteiger partial charge in [0.2, 0.25) is 5.89 Å². The van der Waals surface area contributed by atoms with Crippen LogP contribution in [-0.4, -0.2) is 17.4 Å². The van der Waals surface area contributed by atoms with Gasteiger partial charge in [0, 0.05) is 17.8 Å². The summed E-state index contributed by atoms with van der Waals surface area (Å²) in [7, 11) is 0. The first-order chi connectivity index (χ1) is 9.63. The lowest BCUT2D eigenvalue weighted by atomic mass is 10.1. The van der Waals surface area contributed by atoms with Crippen LogP contribution in [0.2, 0.25) is 0 Å². The van der Waals surface area contributed by atoms with E-state index < -0.39 is 0 Å². The zero-order valence-electron chi connectivity index (χ0n) is 11.6. The average Bonchev–Trinajstić information content (AvgIpc) is 3.05. The van der Waals surface area contributed by atoms with Crippen molar-refractivity contribution in [2.45, 2.75) is 26.3 Å². The Bertz CT molecular complexity index is 648. The molecule has 0 spiro atoms. The number of fused-ring (bicyclic) bond motifs is 1. The molecule has 0 fully saturated rings. The third-order valence-electron chi connectivity index (χ3n) is 3.43. The molecule has 1 aromatic heterocycles. The second kappa shape index (κ2) is 5.00. The van der Waals surface area contributed by atoms with Gasteiger partial charge in [0.25, 0.3) is 5.91 Å². The first-order valence-corrected chi connectivity index (χ1v) is 6.73. The molecular formula is C15H17N3O2. The standard InChI is InChI=1S/C15H17N3O2/c1-9-8-17-15(20-9)10(2)18-14(19)12-3-4-13-11(7-12)5-6-16-13/h3-4,7-8,10,16H,5-6H2,1-2H3,(H,18,19). The highest BCUT2D eigenvalue weighted by atomic mass is 16.4. The van der Waals surface area contributed by atoms with Crippen LogP contribution in [0.3, 0.4) is 0 Å². The lowest BCUT2D eigenvalue weighted by Gasteiger charge is -2.11. The fourth-order valence-electron chi connectivity index (χ4n) is 2.36. The Hall–Kier alpha value is -2.30. The van der Waals surface area contributed by atoms with E-state index in [2.05, 4.69) is 15.6 Å². The second-order valence-electron chi connectivity index (χ2n) is 5.05. The predicted molar refractivity (Wildman–Crippen MR) is 75.8 cm³/mol. The number of nitrogens with one attached hydrogen (secondary N) is 2. The van der Waals surface area contributed by atoms with Crippen LogP contribution in [0.25, 0.3) is 0 Å². The topological polar surface area (TPSA) is 67.2 Å². The molecule has 0 saturated carbocycles. The molecule has 1 amide bonds. The number of anilines is 1. The number of oxazole rings is 1. The van der Waals surface area contributed by atoms with E-state index in [-0.39, 0.29) is 11.9 Å². The van der Waals surface area contributed by atoms with Crippen molar-refractivity contribution in [3.63, 3.8) is 0 Å². The number of hydrogen-bond donors (Lipinski definition) is 2. The number of carbonyl (C=O) groups excluding carboxylic acids is 1. The Morgan fingerprint density at radius 2 is 2.35 bits per heavy atom. The molecule has 5 nitrogen and oxygen atoms in total. The van der Waals surface area contributed by atoms with Crippen LogP contribution in [0, 0.1) is 6.92 Å². The molecule has 0 bridgehead atoms. The highest BCUT2D eigenvalue weighted by Crippen LogP contribution is 2.23. The van der Waals surface area contributed by atoms with E-state index in [0.29, 0.717) is 11.5 Å². The highest BCUT2D eigenvalue weighted by molar-refractivity contribution is 5.95. The van der Waals surface area contributed by atoms with Crippen molar-refractivity contribution in [3.8, 4) is 0 Å². The molecule has 2 aromatic rings. The van der Waals surface area contributed by atoms with E-state index in [1.54, 1.807) is 6.20 Å². The summed E-state index contributed by atoms with van der Waals surface area (Å²) >= 11 is 0. The second-order valence-corrected chi connectivity index (χ2v) is 5.05. The summed E-state index contributed by atoms with van der Waals surface area (Å²) in [5.41, 5.74) is 2.98. The number of aryl methyl sites for hydroxylation is 1. The Morgan fingerprint density at radius 3 is 3.10 bits per heavy atom. The Balaban J connectivity index is 1.73. The van der Waals surface area contributed by atoms with Gasteiger partial charge in [-0.3, -0.25) is 4.79 Å². The van der Waals surface area contributed by atoms with Gasteiger partial charge in [0.05, 0.1) is 6.20 Å². The maximum absolute atomic E-state index is 12.2. The van der Waals surface area contributed by atoms with Gasteiger partial charge in [-0.05, 0) is 44.0 Å². The molecule has 1 aromatic carbocycles. The minimum Gasteiger partial charge on any atom is -0.444 e. The third kappa shape index (κ3) is 2.39. The molecule has 0 saturated heterocycles. The lowest BCUT2D eigenvalue weighted by Crippen LogP contribution is -2.26. The van der Waals surface area contributed by atoms with E-state index in [9.17, 15) is 4.79 Å². The summed E-state index contributed by atoms with van der Waals surface area (Å²) in [5.74, 6) is 1.16. The van der Waals surface area contributed by atoms with E-state index in [1.807, 2.05) is 32.0 Å². The minimum atomic E-state index is -0.248. The summed E-state index contributed by atoms with van der Waals surface area (Å²) in [6, 6.07) is 5.48. The van der Waals surface area contributed by atoms with Crippen molar-refractivity contribution < 1.29 is 9.21 Å². The summed E-state index contributed by atoms with van der Waals surface area (Å²) in [6.45, 7) is 4.63. The number of carbonyl (C=O) groups is 1. The Kier molecular flexibility index (Phi) is 3.18. The van der Waals surface area contributed by atoms with Crippen LogP contribution in [0.4, 0.5) is 5.69 Å². The molecule has 20 heavy (non-hydrogen) atoms. The summed E-state index contributed by atoms with van der Waals surface area (Å²) in [4.78, 5) is 16.4. The quantitative estimate of drug-likeness (QED) is 0.899. The predicted octanol–water partition coefficient (Wildman–Crippen LogP) is 2.44. The largest absolute Gasteiger partial charge is 0.444 e. The van der Waals surface area contributed by atoms with Crippen LogP contribution in [0.15, 0.2) is 28.8 Å². The molecule has 1 unspecified atom stereocenters. The van der Waals surface area contributed by atoms with Crippen molar-refractivity contribution in [3.05, 3.63) is 47.2 Å². The van der Waals surface area contributed by atoms with Crippen LogP contribution in [-0.2, 0) is 6.42 Å². The van der Waals surface area contributed by atoms with Gasteiger partial charge in [0.15, 0.2) is 0 Å². The SMILES string of the molecule is Cc1cnc(C(C)NC(=O)c2ccc3c(c2)CCN3)o1. The van der Waals surface area contributed by atoms with Crippen LogP contribution >= 0.6 is 0 Å². The number of hydrogen-bond acceptors (Lipinski definition) is 4. The van der Waals surface area contributed by atoms with E-state index >= 15 is 0 Å². The monoisotopic (exact) mass is 271 g/mol. The van der Waals surface area contributed by atoms with Crippen molar-refractivity contribution in [1.29, 1.82) is 0 Å². The van der Waals surface area contributed by atoms with Crippen molar-refractivity contribution in [2.75, 3.05) is 11.9 Å². The first kappa shape index (κ1) is 12.7. The molecule has 3 rings (SSSR count). The van der Waals surface area contributed by atoms with Gasteiger partial charge in [0.1, 0.15) is 11.8 Å². The molecule has 5 heteroatoms. The van der Waals surface area contributed by atoms with Gasteiger partial charge < -0.3 is 15.1 Å². The minimum absolute atomic E-state index is 0.108. The molecular weight excluding hydrogens is 254 g/mol. The molecule has 0 radical (unpaired) electrons. The highest BCUT2D eigenvalue weighted by Gasteiger charge is 2.17. The average molecular weight is 271 g/mol. The van der Waals surface area contributed by atoms with Crippen LogP contribution in [0.1, 0.15) is 40.5 Å². The molecule has 104 valence electrons. The first-order valence-electron chi connectivity index (χ1n) is 6.73. The van der Waals surface area contributed by atoms with Crippen LogP contribution in [0.5, 0.6) is 0 Å². The van der Waals surface area contributed by atoms with Crippen LogP contribution < -0.4 is 10.6 Å². The molecule has 1 aliphatic rings. The summed E-state index contributed by atoms with van der Waals surface area (Å²) < 4.78 is 5.42. The van der Waals surface area contributed by atoms with Gasteiger partial charge in [-0.1, -0.05) is 0 Å². The number of aromatic nitrogens is 1. The fraction of sp³-hybridized carbons (Fsp3) is 0.333. The maximum Gasteiger partial charge on any atom is 0.251 e. The smallest absolute Gasteiger partial charge is 0.251 e. The van der Waals surface area contributed by atoms with E-state index in [1.165, 1.54) is 5.56 Å². The van der Waals surface area contributed by atoms with Gasteiger partial charge in [-0.15, -0.1) is 0 Å². The van der Waals surface area contributed by atoms with Crippen molar-refractivity contribution in [1.82, 2.24) is 10.3 Å². The van der Waals surface area contributed by atoms with Crippen molar-refractivity contribution >= 4 is 11.6 Å². The molecule has 2 heterocycles. The molecule has 0 aliphatic carbocycles. The summed E-state index contributed by atoms with van der Waals surface area (Å²) in [6.07, 6.45) is 2.62. The van der Waals surface area contributed by atoms with Gasteiger partial charge >= 0.3 is 0 Å². The van der Waals surface area contributed by atoms with E-state index in [4.69, 9.17) is 4.42 Å². The Labute approximate surface area is 117 Å². The molecule has 2 N–H and O–H groups in total. The third-order valence-corrected chi connectivity index (χ3v) is 3.43.